The molecule has 0 amide bonds. The first-order chi connectivity index (χ1) is 7.17. The van der Waals surface area contributed by atoms with Crippen LogP contribution in [-0.2, 0) is 9.53 Å². The van der Waals surface area contributed by atoms with Crippen LogP contribution in [0, 0.1) is 0 Å². The molecule has 1 aromatic carbocycles. The Hall–Kier alpha value is -1.07. The summed E-state index contributed by atoms with van der Waals surface area (Å²) in [6.07, 6.45) is 0. The van der Waals surface area contributed by atoms with Crippen LogP contribution in [0.2, 0.25) is 0 Å². The molecule has 0 saturated carbocycles. The van der Waals surface area contributed by atoms with Crippen LogP contribution in [0.4, 0.5) is 5.69 Å². The van der Waals surface area contributed by atoms with Crippen molar-refractivity contribution in [1.29, 1.82) is 0 Å². The Kier molecular flexibility index (Phi) is 4.58. The standard InChI is InChI=1S/C10H12BrNO3/c1-15-10(14)9(6-13)12-8-4-2-3-7(11)5-8/h2-5,9,12-13H,6H2,1H3. The Balaban J connectivity index is 2.70. The second kappa shape index (κ2) is 5.72. The van der Waals surface area contributed by atoms with Gasteiger partial charge in [-0.25, -0.2) is 4.79 Å². The molecule has 1 aromatic rings. The third kappa shape index (κ3) is 3.53. The van der Waals surface area contributed by atoms with Crippen molar-refractivity contribution in [3.05, 3.63) is 28.7 Å². The third-order valence-electron chi connectivity index (χ3n) is 1.83. The van der Waals surface area contributed by atoms with Crippen LogP contribution in [0.5, 0.6) is 0 Å². The molecule has 0 aromatic heterocycles. The van der Waals surface area contributed by atoms with Crippen LogP contribution in [0.15, 0.2) is 28.7 Å². The SMILES string of the molecule is COC(=O)C(CO)Nc1cccc(Br)c1. The summed E-state index contributed by atoms with van der Waals surface area (Å²) in [7, 11) is 1.29. The maximum absolute atomic E-state index is 11.2. The van der Waals surface area contributed by atoms with E-state index in [2.05, 4.69) is 26.0 Å². The van der Waals surface area contributed by atoms with E-state index in [0.717, 1.165) is 10.2 Å². The van der Waals surface area contributed by atoms with Gasteiger partial charge in [-0.3, -0.25) is 0 Å². The van der Waals surface area contributed by atoms with Crippen molar-refractivity contribution in [2.24, 2.45) is 0 Å². The number of halogens is 1. The fraction of sp³-hybridized carbons (Fsp3) is 0.300. The molecule has 4 nitrogen and oxygen atoms in total. The summed E-state index contributed by atoms with van der Waals surface area (Å²) in [6, 6.07) is 6.58. The highest BCUT2D eigenvalue weighted by molar-refractivity contribution is 9.10. The average Bonchev–Trinajstić information content (AvgIpc) is 2.25. The Bertz CT molecular complexity index is 343. The quantitative estimate of drug-likeness (QED) is 0.815. The van der Waals surface area contributed by atoms with Crippen LogP contribution in [0.1, 0.15) is 0 Å². The van der Waals surface area contributed by atoms with Gasteiger partial charge in [-0.05, 0) is 18.2 Å². The Morgan fingerprint density at radius 3 is 2.93 bits per heavy atom. The second-order valence-corrected chi connectivity index (χ2v) is 3.83. The van der Waals surface area contributed by atoms with E-state index in [0.29, 0.717) is 0 Å². The molecule has 1 rings (SSSR count). The largest absolute Gasteiger partial charge is 0.467 e. The molecule has 82 valence electrons. The van der Waals surface area contributed by atoms with E-state index >= 15 is 0 Å². The predicted molar refractivity (Wildman–Crippen MR) is 60.7 cm³/mol. The molecule has 0 heterocycles. The van der Waals surface area contributed by atoms with Gasteiger partial charge in [0.15, 0.2) is 0 Å². The van der Waals surface area contributed by atoms with Gasteiger partial charge in [0.1, 0.15) is 6.04 Å². The van der Waals surface area contributed by atoms with Crippen molar-refractivity contribution >= 4 is 27.6 Å². The Morgan fingerprint density at radius 2 is 2.40 bits per heavy atom. The molecule has 0 aliphatic heterocycles. The lowest BCUT2D eigenvalue weighted by atomic mass is 10.2. The van der Waals surface area contributed by atoms with Crippen LogP contribution in [-0.4, -0.2) is 30.8 Å². The van der Waals surface area contributed by atoms with Crippen molar-refractivity contribution in [1.82, 2.24) is 0 Å². The van der Waals surface area contributed by atoms with E-state index in [-0.39, 0.29) is 6.61 Å². The topological polar surface area (TPSA) is 58.6 Å². The van der Waals surface area contributed by atoms with Crippen LogP contribution in [0.3, 0.4) is 0 Å². The monoisotopic (exact) mass is 273 g/mol. The summed E-state index contributed by atoms with van der Waals surface area (Å²) >= 11 is 3.31. The molecule has 0 bridgehead atoms. The van der Waals surface area contributed by atoms with Crippen LogP contribution >= 0.6 is 15.9 Å². The van der Waals surface area contributed by atoms with E-state index in [1.807, 2.05) is 18.2 Å². The molecule has 0 fully saturated rings. The number of aliphatic hydroxyl groups excluding tert-OH is 1. The lowest BCUT2D eigenvalue weighted by molar-refractivity contribution is -0.142. The lowest BCUT2D eigenvalue weighted by Gasteiger charge is -2.15. The number of hydrogen-bond donors (Lipinski definition) is 2. The summed E-state index contributed by atoms with van der Waals surface area (Å²) in [5, 5.41) is 11.8. The summed E-state index contributed by atoms with van der Waals surface area (Å²) in [5.74, 6) is -0.488. The van der Waals surface area contributed by atoms with E-state index in [1.165, 1.54) is 7.11 Å². The number of esters is 1. The highest BCUT2D eigenvalue weighted by Gasteiger charge is 2.17. The van der Waals surface area contributed by atoms with Gasteiger partial charge in [-0.15, -0.1) is 0 Å². The van der Waals surface area contributed by atoms with Crippen molar-refractivity contribution in [2.45, 2.75) is 6.04 Å². The van der Waals surface area contributed by atoms with Gasteiger partial charge < -0.3 is 15.2 Å². The minimum absolute atomic E-state index is 0.306. The first-order valence-corrected chi connectivity index (χ1v) is 5.17. The first-order valence-electron chi connectivity index (χ1n) is 4.38. The molecular formula is C10H12BrNO3. The predicted octanol–water partition coefficient (Wildman–Crippen LogP) is 1.39. The zero-order chi connectivity index (χ0) is 11.3. The number of benzene rings is 1. The van der Waals surface area contributed by atoms with E-state index in [1.54, 1.807) is 6.07 Å². The molecule has 1 unspecified atom stereocenters. The molecule has 0 spiro atoms. The molecule has 1 atom stereocenters. The number of nitrogens with one attached hydrogen (secondary N) is 1. The number of methoxy groups -OCH3 is 1. The number of anilines is 1. The maximum atomic E-state index is 11.2. The summed E-state index contributed by atoms with van der Waals surface area (Å²) in [5.41, 5.74) is 0.744. The molecule has 15 heavy (non-hydrogen) atoms. The number of carbonyl (C=O) groups excluding carboxylic acids is 1. The molecule has 5 heteroatoms. The average molecular weight is 274 g/mol. The number of ether oxygens (including phenoxy) is 1. The van der Waals surface area contributed by atoms with Crippen molar-refractivity contribution in [3.63, 3.8) is 0 Å². The van der Waals surface area contributed by atoms with Gasteiger partial charge in [-0.2, -0.15) is 0 Å². The number of carbonyl (C=O) groups is 1. The summed E-state index contributed by atoms with van der Waals surface area (Å²) in [6.45, 7) is -0.306. The maximum Gasteiger partial charge on any atom is 0.330 e. The van der Waals surface area contributed by atoms with E-state index in [4.69, 9.17) is 5.11 Å². The van der Waals surface area contributed by atoms with Gasteiger partial charge in [-0.1, -0.05) is 22.0 Å². The molecule has 0 aliphatic carbocycles. The lowest BCUT2D eigenvalue weighted by Crippen LogP contribution is -2.33. The summed E-state index contributed by atoms with van der Waals surface area (Å²) < 4.78 is 5.43. The zero-order valence-corrected chi connectivity index (χ0v) is 9.82. The molecule has 0 radical (unpaired) electrons. The first kappa shape index (κ1) is 12.0. The van der Waals surface area contributed by atoms with E-state index < -0.39 is 12.0 Å². The molecular weight excluding hydrogens is 262 g/mol. The van der Waals surface area contributed by atoms with Gasteiger partial charge in [0.25, 0.3) is 0 Å². The van der Waals surface area contributed by atoms with Crippen LogP contribution in [0.25, 0.3) is 0 Å². The fourth-order valence-corrected chi connectivity index (χ4v) is 1.50. The highest BCUT2D eigenvalue weighted by Crippen LogP contribution is 2.16. The second-order valence-electron chi connectivity index (χ2n) is 2.91. The minimum Gasteiger partial charge on any atom is -0.467 e. The van der Waals surface area contributed by atoms with Gasteiger partial charge in [0.05, 0.1) is 13.7 Å². The van der Waals surface area contributed by atoms with Gasteiger partial charge in [0, 0.05) is 10.2 Å². The Labute approximate surface area is 96.4 Å². The number of hydrogen-bond acceptors (Lipinski definition) is 4. The fourth-order valence-electron chi connectivity index (χ4n) is 1.10. The van der Waals surface area contributed by atoms with Crippen molar-refractivity contribution in [2.75, 3.05) is 19.0 Å². The van der Waals surface area contributed by atoms with Gasteiger partial charge in [0.2, 0.25) is 0 Å². The molecule has 2 N–H and O–H groups in total. The van der Waals surface area contributed by atoms with E-state index in [9.17, 15) is 4.79 Å². The van der Waals surface area contributed by atoms with Crippen molar-refractivity contribution < 1.29 is 14.6 Å². The van der Waals surface area contributed by atoms with Gasteiger partial charge >= 0.3 is 5.97 Å². The minimum atomic E-state index is -0.732. The summed E-state index contributed by atoms with van der Waals surface area (Å²) in [4.78, 5) is 11.2. The normalized spacial score (nSPS) is 11.9. The molecule has 0 aliphatic rings. The Morgan fingerprint density at radius 1 is 1.67 bits per heavy atom. The number of aliphatic hydroxyl groups is 1. The third-order valence-corrected chi connectivity index (χ3v) is 2.33. The smallest absolute Gasteiger partial charge is 0.330 e. The van der Waals surface area contributed by atoms with Crippen LogP contribution < -0.4 is 5.32 Å². The zero-order valence-electron chi connectivity index (χ0n) is 8.24. The number of rotatable bonds is 4. The van der Waals surface area contributed by atoms with Crippen molar-refractivity contribution in [3.8, 4) is 0 Å². The highest BCUT2D eigenvalue weighted by atomic mass is 79.9. The molecule has 0 saturated heterocycles.